The summed E-state index contributed by atoms with van der Waals surface area (Å²) in [7, 11) is 4.25. The fourth-order valence-electron chi connectivity index (χ4n) is 4.44. The number of aliphatic hydroxyl groups is 2. The summed E-state index contributed by atoms with van der Waals surface area (Å²) in [6.07, 6.45) is 0.132. The van der Waals surface area contributed by atoms with Crippen molar-refractivity contribution < 1.29 is 28.5 Å². The van der Waals surface area contributed by atoms with Crippen LogP contribution in [0.2, 0.25) is 0 Å². The predicted octanol–water partition coefficient (Wildman–Crippen LogP) is 2.41. The second-order valence-electron chi connectivity index (χ2n) is 8.48. The molecular formula is C23H29F2N2O4P. The molecule has 2 aliphatic heterocycles. The van der Waals surface area contributed by atoms with Gasteiger partial charge in [-0.2, -0.15) is 0 Å². The van der Waals surface area contributed by atoms with Gasteiger partial charge in [0.15, 0.2) is 5.72 Å². The molecule has 0 bridgehead atoms. The molecule has 5 atom stereocenters. The zero-order valence-corrected chi connectivity index (χ0v) is 19.1. The number of aryl methyl sites for hydroxylation is 2. The summed E-state index contributed by atoms with van der Waals surface area (Å²) in [5, 5.41) is 24.8. The van der Waals surface area contributed by atoms with Crippen LogP contribution in [0, 0.1) is 11.6 Å². The zero-order valence-electron chi connectivity index (χ0n) is 17.9. The Morgan fingerprint density at radius 1 is 1.09 bits per heavy atom. The van der Waals surface area contributed by atoms with E-state index in [1.54, 1.807) is 23.9 Å². The fraction of sp³-hybridized carbons (Fsp3) is 0.478. The number of rotatable bonds is 7. The number of aliphatic hydroxyl groups excluding tert-OH is 2. The minimum atomic E-state index is -1.02. The smallest absolute Gasteiger partial charge is 0.188 e. The van der Waals surface area contributed by atoms with Crippen LogP contribution in [0.1, 0.15) is 24.0 Å². The van der Waals surface area contributed by atoms with Crippen LogP contribution in [0.25, 0.3) is 0 Å². The quantitative estimate of drug-likeness (QED) is 0.545. The Morgan fingerprint density at radius 3 is 2.44 bits per heavy atom. The first-order valence-corrected chi connectivity index (χ1v) is 11.3. The third-order valence-corrected chi connectivity index (χ3v) is 6.72. The number of benzene rings is 2. The molecule has 0 radical (unpaired) electrons. The van der Waals surface area contributed by atoms with Gasteiger partial charge in [0, 0.05) is 19.5 Å². The monoisotopic (exact) mass is 466 g/mol. The first kappa shape index (κ1) is 23.3. The van der Waals surface area contributed by atoms with E-state index in [9.17, 15) is 19.0 Å². The van der Waals surface area contributed by atoms with Crippen molar-refractivity contribution in [3.05, 3.63) is 59.2 Å². The number of fused-ring (bicyclic) bond motifs is 2. The molecule has 0 fully saturated rings. The molecule has 174 valence electrons. The Labute approximate surface area is 188 Å². The molecule has 4 rings (SSSR count). The summed E-state index contributed by atoms with van der Waals surface area (Å²) in [6.45, 7) is 0.470. The van der Waals surface area contributed by atoms with E-state index >= 15 is 0 Å². The highest BCUT2D eigenvalue weighted by molar-refractivity contribution is 7.13. The van der Waals surface area contributed by atoms with E-state index in [0.29, 0.717) is 37.2 Å². The summed E-state index contributed by atoms with van der Waals surface area (Å²) in [6, 6.07) is 8.77. The molecule has 0 aromatic heterocycles. The maximum Gasteiger partial charge on any atom is 0.188 e. The molecule has 9 heteroatoms. The van der Waals surface area contributed by atoms with Crippen LogP contribution in [0.15, 0.2) is 36.4 Å². The molecule has 2 heterocycles. The van der Waals surface area contributed by atoms with Gasteiger partial charge in [-0.3, -0.25) is 9.99 Å². The lowest BCUT2D eigenvalue weighted by atomic mass is 9.93. The van der Waals surface area contributed by atoms with Crippen LogP contribution in [-0.2, 0) is 12.8 Å². The van der Waals surface area contributed by atoms with Crippen LogP contribution < -0.4 is 14.8 Å². The number of halogens is 2. The van der Waals surface area contributed by atoms with Crippen molar-refractivity contribution >= 4 is 9.39 Å². The van der Waals surface area contributed by atoms with Gasteiger partial charge in [0.25, 0.3) is 0 Å². The van der Waals surface area contributed by atoms with Gasteiger partial charge >= 0.3 is 0 Å². The average Bonchev–Trinajstić information content (AvgIpc) is 2.78. The summed E-state index contributed by atoms with van der Waals surface area (Å²) in [4.78, 5) is 0. The SMILES string of the molecule is CN[C@@]1([C@@H](O)CN(P)C[C@H](O)[C@H]2CCc3cc(F)ccc3O2)CCc2cc(F)ccc2O1. The lowest BCUT2D eigenvalue weighted by Crippen LogP contribution is -2.61. The van der Waals surface area contributed by atoms with Crippen LogP contribution in [-0.4, -0.2) is 59.1 Å². The van der Waals surface area contributed by atoms with E-state index in [2.05, 4.69) is 14.7 Å². The van der Waals surface area contributed by atoms with Crippen molar-refractivity contribution in [3.63, 3.8) is 0 Å². The predicted molar refractivity (Wildman–Crippen MR) is 120 cm³/mol. The maximum atomic E-state index is 13.5. The molecule has 0 saturated carbocycles. The highest BCUT2D eigenvalue weighted by atomic mass is 31.0. The van der Waals surface area contributed by atoms with Crippen molar-refractivity contribution in [2.75, 3.05) is 20.1 Å². The van der Waals surface area contributed by atoms with Gasteiger partial charge in [-0.25, -0.2) is 8.78 Å². The Morgan fingerprint density at radius 2 is 1.75 bits per heavy atom. The standard InChI is InChI=1S/C23H29F2N2O4P/c1-26-23(9-8-15-11-17(25)4-7-20(15)31-23)22(29)13-27(32)12-18(28)21-5-2-14-10-16(24)3-6-19(14)30-21/h3-4,6-7,10-11,18,21-22,26,28-29H,2,5,8-9,12-13,32H2,1H3/t18-,21+,22-,23-/m0/s1. The molecule has 2 aromatic carbocycles. The second-order valence-corrected chi connectivity index (χ2v) is 9.21. The first-order valence-electron chi connectivity index (χ1n) is 10.8. The molecule has 1 unspecified atom stereocenters. The maximum absolute atomic E-state index is 13.5. The highest BCUT2D eigenvalue weighted by Gasteiger charge is 2.42. The number of hydrogen-bond donors (Lipinski definition) is 3. The van der Waals surface area contributed by atoms with Gasteiger partial charge in [0.05, 0.1) is 0 Å². The summed E-state index contributed by atoms with van der Waals surface area (Å²) < 4.78 is 40.6. The Hall–Kier alpha value is -1.83. The van der Waals surface area contributed by atoms with Gasteiger partial charge < -0.3 is 19.7 Å². The molecule has 6 nitrogen and oxygen atoms in total. The van der Waals surface area contributed by atoms with E-state index in [0.717, 1.165) is 11.1 Å². The summed E-state index contributed by atoms with van der Waals surface area (Å²) in [5.41, 5.74) is 0.558. The number of nitrogens with one attached hydrogen (secondary N) is 1. The van der Waals surface area contributed by atoms with E-state index in [-0.39, 0.29) is 24.7 Å². The molecule has 0 saturated heterocycles. The molecule has 2 aromatic rings. The van der Waals surface area contributed by atoms with Crippen LogP contribution in [0.5, 0.6) is 11.5 Å². The normalized spacial score (nSPS) is 24.2. The second kappa shape index (κ2) is 9.57. The number of likely N-dealkylation sites (N-methyl/N-ethyl adjacent to an activating group) is 1. The largest absolute Gasteiger partial charge is 0.487 e. The van der Waals surface area contributed by atoms with E-state index in [1.165, 1.54) is 24.3 Å². The third-order valence-electron chi connectivity index (χ3n) is 6.30. The Bertz CT molecular complexity index is 966. The number of ether oxygens (including phenoxy) is 2. The Kier molecular flexibility index (Phi) is 6.98. The van der Waals surface area contributed by atoms with Crippen molar-refractivity contribution in [3.8, 4) is 11.5 Å². The van der Waals surface area contributed by atoms with Gasteiger partial charge in [-0.05, 0) is 73.8 Å². The minimum Gasteiger partial charge on any atom is -0.487 e. The number of nitrogens with zero attached hydrogens (tertiary/aromatic N) is 1. The van der Waals surface area contributed by atoms with Gasteiger partial charge in [-0.1, -0.05) is 9.39 Å². The summed E-state index contributed by atoms with van der Waals surface area (Å²) >= 11 is 0. The molecule has 0 aliphatic carbocycles. The van der Waals surface area contributed by atoms with E-state index in [4.69, 9.17) is 9.47 Å². The van der Waals surface area contributed by atoms with E-state index in [1.807, 2.05) is 0 Å². The fourth-order valence-corrected chi connectivity index (χ4v) is 4.85. The van der Waals surface area contributed by atoms with Gasteiger partial charge in [0.1, 0.15) is 41.4 Å². The van der Waals surface area contributed by atoms with Gasteiger partial charge in [-0.15, -0.1) is 0 Å². The highest BCUT2D eigenvalue weighted by Crippen LogP contribution is 2.35. The van der Waals surface area contributed by atoms with Crippen molar-refractivity contribution in [2.24, 2.45) is 0 Å². The molecular weight excluding hydrogens is 437 g/mol. The first-order chi connectivity index (χ1) is 15.3. The Balaban J connectivity index is 1.35. The molecule has 0 spiro atoms. The molecule has 2 aliphatic rings. The van der Waals surface area contributed by atoms with Crippen molar-refractivity contribution in [1.29, 1.82) is 0 Å². The number of hydrogen-bond acceptors (Lipinski definition) is 6. The third kappa shape index (κ3) is 4.90. The zero-order chi connectivity index (χ0) is 22.9. The van der Waals surface area contributed by atoms with Crippen LogP contribution in [0.3, 0.4) is 0 Å². The average molecular weight is 466 g/mol. The minimum absolute atomic E-state index is 0.216. The van der Waals surface area contributed by atoms with Crippen LogP contribution >= 0.6 is 9.39 Å². The van der Waals surface area contributed by atoms with E-state index < -0.39 is 24.0 Å². The summed E-state index contributed by atoms with van der Waals surface area (Å²) in [5.74, 6) is 0.532. The van der Waals surface area contributed by atoms with Crippen molar-refractivity contribution in [2.45, 2.75) is 49.7 Å². The van der Waals surface area contributed by atoms with Gasteiger partial charge in [0.2, 0.25) is 0 Å². The lowest BCUT2D eigenvalue weighted by Gasteiger charge is -2.43. The lowest BCUT2D eigenvalue weighted by molar-refractivity contribution is -0.0930. The molecule has 0 amide bonds. The van der Waals surface area contributed by atoms with Crippen molar-refractivity contribution in [1.82, 2.24) is 9.99 Å². The van der Waals surface area contributed by atoms with Crippen LogP contribution in [0.4, 0.5) is 8.78 Å². The molecule has 3 N–H and O–H groups in total. The topological polar surface area (TPSA) is 74.2 Å². The molecule has 32 heavy (non-hydrogen) atoms.